The van der Waals surface area contributed by atoms with E-state index in [1.807, 2.05) is 49.4 Å². The van der Waals surface area contributed by atoms with Crippen molar-refractivity contribution in [2.24, 2.45) is 0 Å². The molecule has 0 aromatic heterocycles. The zero-order chi connectivity index (χ0) is 14.7. The van der Waals surface area contributed by atoms with Crippen molar-refractivity contribution in [3.05, 3.63) is 59.2 Å². The maximum atomic E-state index is 12.0. The molecular formula is C17H17NO3. The van der Waals surface area contributed by atoms with Crippen LogP contribution in [0, 0.1) is 6.92 Å². The summed E-state index contributed by atoms with van der Waals surface area (Å²) in [4.78, 5) is 12.0. The van der Waals surface area contributed by atoms with Crippen LogP contribution in [0.5, 0.6) is 11.5 Å². The predicted octanol–water partition coefficient (Wildman–Crippen LogP) is 2.58. The molecule has 1 aliphatic heterocycles. The molecule has 21 heavy (non-hydrogen) atoms. The molecular weight excluding hydrogens is 266 g/mol. The number of ether oxygens (including phenoxy) is 2. The van der Waals surface area contributed by atoms with Gasteiger partial charge in [-0.25, -0.2) is 0 Å². The van der Waals surface area contributed by atoms with Gasteiger partial charge in [0.25, 0.3) is 0 Å². The normalized spacial score (nSPS) is 12.2. The van der Waals surface area contributed by atoms with Crippen molar-refractivity contribution in [2.75, 3.05) is 6.79 Å². The molecule has 0 saturated carbocycles. The van der Waals surface area contributed by atoms with Gasteiger partial charge in [0.15, 0.2) is 11.5 Å². The Hall–Kier alpha value is -2.49. The minimum Gasteiger partial charge on any atom is -0.454 e. The second-order valence-corrected chi connectivity index (χ2v) is 5.09. The summed E-state index contributed by atoms with van der Waals surface area (Å²) in [6.07, 6.45) is 0.290. The van der Waals surface area contributed by atoms with E-state index in [1.165, 1.54) is 5.56 Å². The van der Waals surface area contributed by atoms with E-state index in [9.17, 15) is 4.79 Å². The van der Waals surface area contributed by atoms with Crippen LogP contribution >= 0.6 is 0 Å². The lowest BCUT2D eigenvalue weighted by molar-refractivity contribution is -0.120. The van der Waals surface area contributed by atoms with Crippen molar-refractivity contribution in [1.29, 1.82) is 0 Å². The lowest BCUT2D eigenvalue weighted by Crippen LogP contribution is -2.24. The fourth-order valence-electron chi connectivity index (χ4n) is 2.27. The fourth-order valence-corrected chi connectivity index (χ4v) is 2.27. The summed E-state index contributed by atoms with van der Waals surface area (Å²) in [5, 5.41) is 2.92. The molecule has 2 aromatic carbocycles. The van der Waals surface area contributed by atoms with E-state index in [1.54, 1.807) is 0 Å². The van der Waals surface area contributed by atoms with Crippen molar-refractivity contribution in [3.8, 4) is 11.5 Å². The summed E-state index contributed by atoms with van der Waals surface area (Å²) in [6.45, 7) is 2.79. The SMILES string of the molecule is Cc1ccc(CNC(=O)Cc2cccc3c2OCO3)cc1. The molecule has 0 spiro atoms. The highest BCUT2D eigenvalue weighted by Crippen LogP contribution is 2.35. The monoisotopic (exact) mass is 283 g/mol. The predicted molar refractivity (Wildman–Crippen MR) is 79.3 cm³/mol. The zero-order valence-corrected chi connectivity index (χ0v) is 11.9. The maximum Gasteiger partial charge on any atom is 0.231 e. The van der Waals surface area contributed by atoms with Crippen LogP contribution in [0.1, 0.15) is 16.7 Å². The fraction of sp³-hybridized carbons (Fsp3) is 0.235. The first-order chi connectivity index (χ1) is 10.2. The Morgan fingerprint density at radius 3 is 2.76 bits per heavy atom. The van der Waals surface area contributed by atoms with Crippen molar-refractivity contribution < 1.29 is 14.3 Å². The molecule has 0 radical (unpaired) electrons. The van der Waals surface area contributed by atoms with Crippen LogP contribution in [-0.2, 0) is 17.8 Å². The first-order valence-corrected chi connectivity index (χ1v) is 6.92. The van der Waals surface area contributed by atoms with E-state index in [-0.39, 0.29) is 12.7 Å². The number of amides is 1. The summed E-state index contributed by atoms with van der Waals surface area (Å²) < 4.78 is 10.7. The van der Waals surface area contributed by atoms with Gasteiger partial charge in [-0.3, -0.25) is 4.79 Å². The van der Waals surface area contributed by atoms with Gasteiger partial charge in [0.2, 0.25) is 12.7 Å². The lowest BCUT2D eigenvalue weighted by Gasteiger charge is -2.08. The molecule has 0 aliphatic carbocycles. The van der Waals surface area contributed by atoms with Crippen LogP contribution in [0.25, 0.3) is 0 Å². The Labute approximate surface area is 123 Å². The number of hydrogen-bond acceptors (Lipinski definition) is 3. The van der Waals surface area contributed by atoms with E-state index in [0.29, 0.717) is 24.5 Å². The second-order valence-electron chi connectivity index (χ2n) is 5.09. The quantitative estimate of drug-likeness (QED) is 0.938. The number of nitrogens with one attached hydrogen (secondary N) is 1. The van der Waals surface area contributed by atoms with Crippen molar-refractivity contribution in [2.45, 2.75) is 19.9 Å². The number of hydrogen-bond donors (Lipinski definition) is 1. The Bertz CT molecular complexity index is 650. The first-order valence-electron chi connectivity index (χ1n) is 6.92. The summed E-state index contributed by atoms with van der Waals surface area (Å²) in [5.41, 5.74) is 3.15. The van der Waals surface area contributed by atoms with Gasteiger partial charge < -0.3 is 14.8 Å². The Morgan fingerprint density at radius 2 is 1.95 bits per heavy atom. The highest BCUT2D eigenvalue weighted by Gasteiger charge is 2.18. The van der Waals surface area contributed by atoms with Crippen molar-refractivity contribution >= 4 is 5.91 Å². The molecule has 4 heteroatoms. The molecule has 0 bridgehead atoms. The molecule has 0 unspecified atom stereocenters. The van der Waals surface area contributed by atoms with Crippen molar-refractivity contribution in [3.63, 3.8) is 0 Å². The second kappa shape index (κ2) is 5.87. The molecule has 4 nitrogen and oxygen atoms in total. The van der Waals surface area contributed by atoms with Gasteiger partial charge in [-0.2, -0.15) is 0 Å². The lowest BCUT2D eigenvalue weighted by atomic mass is 10.1. The van der Waals surface area contributed by atoms with Crippen LogP contribution in [0.15, 0.2) is 42.5 Å². The Balaban J connectivity index is 1.60. The van der Waals surface area contributed by atoms with E-state index in [2.05, 4.69) is 5.32 Å². The van der Waals surface area contributed by atoms with Crippen LogP contribution in [0.2, 0.25) is 0 Å². The molecule has 2 aromatic rings. The number of carbonyl (C=O) groups excluding carboxylic acids is 1. The minimum atomic E-state index is -0.0283. The molecule has 1 N–H and O–H groups in total. The van der Waals surface area contributed by atoms with Gasteiger partial charge in [-0.1, -0.05) is 42.0 Å². The number of fused-ring (bicyclic) bond motifs is 1. The first kappa shape index (κ1) is 13.5. The maximum absolute atomic E-state index is 12.0. The van der Waals surface area contributed by atoms with Crippen LogP contribution in [-0.4, -0.2) is 12.7 Å². The summed E-state index contributed by atoms with van der Waals surface area (Å²) in [6, 6.07) is 13.7. The smallest absolute Gasteiger partial charge is 0.231 e. The Morgan fingerprint density at radius 1 is 1.14 bits per heavy atom. The molecule has 0 saturated heterocycles. The van der Waals surface area contributed by atoms with Gasteiger partial charge in [-0.05, 0) is 18.6 Å². The average molecular weight is 283 g/mol. The highest BCUT2D eigenvalue weighted by atomic mass is 16.7. The van der Waals surface area contributed by atoms with E-state index >= 15 is 0 Å². The molecule has 1 amide bonds. The van der Waals surface area contributed by atoms with E-state index in [4.69, 9.17) is 9.47 Å². The number of rotatable bonds is 4. The molecule has 1 aliphatic rings. The molecule has 108 valence electrons. The van der Waals surface area contributed by atoms with E-state index < -0.39 is 0 Å². The number of carbonyl (C=O) groups is 1. The van der Waals surface area contributed by atoms with Gasteiger partial charge >= 0.3 is 0 Å². The molecule has 3 rings (SSSR count). The molecule has 1 heterocycles. The summed E-state index contributed by atoms with van der Waals surface area (Å²) in [7, 11) is 0. The number of benzene rings is 2. The Kier molecular flexibility index (Phi) is 3.77. The van der Waals surface area contributed by atoms with Crippen LogP contribution < -0.4 is 14.8 Å². The minimum absolute atomic E-state index is 0.0283. The van der Waals surface area contributed by atoms with Crippen molar-refractivity contribution in [1.82, 2.24) is 5.32 Å². The highest BCUT2D eigenvalue weighted by molar-refractivity contribution is 5.79. The van der Waals surface area contributed by atoms with Crippen LogP contribution in [0.3, 0.4) is 0 Å². The largest absolute Gasteiger partial charge is 0.454 e. The summed E-state index contributed by atoms with van der Waals surface area (Å²) >= 11 is 0. The van der Waals surface area contributed by atoms with Crippen LogP contribution in [0.4, 0.5) is 0 Å². The third-order valence-corrected chi connectivity index (χ3v) is 3.44. The third-order valence-electron chi connectivity index (χ3n) is 3.44. The number of para-hydroxylation sites is 1. The van der Waals surface area contributed by atoms with Gasteiger partial charge in [0.1, 0.15) is 0 Å². The van der Waals surface area contributed by atoms with Gasteiger partial charge in [0.05, 0.1) is 6.42 Å². The standard InChI is InChI=1S/C17H17NO3/c1-12-5-7-13(8-6-12)10-18-16(19)9-14-3-2-4-15-17(14)21-11-20-15/h2-8H,9-11H2,1H3,(H,18,19). The zero-order valence-electron chi connectivity index (χ0n) is 11.9. The molecule has 0 atom stereocenters. The average Bonchev–Trinajstić information content (AvgIpc) is 2.96. The van der Waals surface area contributed by atoms with Gasteiger partial charge in [0, 0.05) is 12.1 Å². The molecule has 0 fully saturated rings. The van der Waals surface area contributed by atoms with E-state index in [0.717, 1.165) is 11.1 Å². The van der Waals surface area contributed by atoms with Gasteiger partial charge in [-0.15, -0.1) is 0 Å². The third kappa shape index (κ3) is 3.16. The summed E-state index contributed by atoms with van der Waals surface area (Å²) in [5.74, 6) is 1.36. The topological polar surface area (TPSA) is 47.6 Å². The number of aryl methyl sites for hydroxylation is 1.